The van der Waals surface area contributed by atoms with Gasteiger partial charge in [-0.2, -0.15) is 0 Å². The molecule has 0 atom stereocenters. The maximum atomic E-state index is 13.9. The van der Waals surface area contributed by atoms with Crippen molar-refractivity contribution >= 4 is 25.6 Å². The predicted octanol–water partition coefficient (Wildman–Crippen LogP) is 1.53. The number of amides is 1. The average molecular weight is 335 g/mol. The first kappa shape index (κ1) is 16.2. The summed E-state index contributed by atoms with van der Waals surface area (Å²) >= 11 is 0. The Morgan fingerprint density at radius 3 is 2.43 bits per heavy atom. The summed E-state index contributed by atoms with van der Waals surface area (Å²) < 4.78 is 37.0. The van der Waals surface area contributed by atoms with E-state index in [1.54, 1.807) is 0 Å². The molecular weight excluding hydrogens is 319 g/mol. The first-order chi connectivity index (χ1) is 9.84. The van der Waals surface area contributed by atoms with Crippen LogP contribution in [0.1, 0.15) is 17.3 Å². The van der Waals surface area contributed by atoms with Crippen molar-refractivity contribution in [1.82, 2.24) is 9.80 Å². The third-order valence-corrected chi connectivity index (χ3v) is 4.92. The van der Waals surface area contributed by atoms with Gasteiger partial charge in [0.15, 0.2) is 0 Å². The third kappa shape index (κ3) is 3.53. The molecule has 1 aliphatic heterocycles. The zero-order valence-corrected chi connectivity index (χ0v) is 13.1. The van der Waals surface area contributed by atoms with Crippen molar-refractivity contribution in [3.8, 4) is 0 Å². The van der Waals surface area contributed by atoms with E-state index in [4.69, 9.17) is 10.7 Å². The number of halogens is 2. The third-order valence-electron chi connectivity index (χ3n) is 3.56. The van der Waals surface area contributed by atoms with Crippen LogP contribution in [0.5, 0.6) is 0 Å². The van der Waals surface area contributed by atoms with Crippen LogP contribution in [0.25, 0.3) is 0 Å². The van der Waals surface area contributed by atoms with E-state index in [0.29, 0.717) is 26.2 Å². The Balaban J connectivity index is 2.32. The smallest absolute Gasteiger partial charge is 0.262 e. The van der Waals surface area contributed by atoms with E-state index in [9.17, 15) is 17.6 Å². The molecule has 8 heteroatoms. The number of carbonyl (C=O) groups excluding carboxylic acids is 1. The molecule has 1 aromatic carbocycles. The zero-order valence-electron chi connectivity index (χ0n) is 11.6. The molecule has 116 valence electrons. The summed E-state index contributed by atoms with van der Waals surface area (Å²) in [5.41, 5.74) is -0.475. The molecule has 1 heterocycles. The van der Waals surface area contributed by atoms with Crippen molar-refractivity contribution in [3.05, 3.63) is 29.6 Å². The van der Waals surface area contributed by atoms with Crippen LogP contribution < -0.4 is 0 Å². The molecule has 1 aliphatic rings. The molecule has 0 aliphatic carbocycles. The van der Waals surface area contributed by atoms with E-state index in [1.165, 1.54) is 11.0 Å². The quantitative estimate of drug-likeness (QED) is 0.787. The number of hydrogen-bond donors (Lipinski definition) is 0. The van der Waals surface area contributed by atoms with Crippen molar-refractivity contribution in [1.29, 1.82) is 0 Å². The lowest BCUT2D eigenvalue weighted by atomic mass is 10.1. The first-order valence-corrected chi connectivity index (χ1v) is 8.90. The van der Waals surface area contributed by atoms with E-state index in [2.05, 4.69) is 4.90 Å². The zero-order chi connectivity index (χ0) is 15.6. The number of likely N-dealkylation sites (N-methyl/N-ethyl adjacent to an activating group) is 1. The molecule has 21 heavy (non-hydrogen) atoms. The number of nitrogens with zero attached hydrogens (tertiary/aromatic N) is 2. The van der Waals surface area contributed by atoms with Crippen molar-refractivity contribution < 1.29 is 17.6 Å². The minimum Gasteiger partial charge on any atom is -0.336 e. The molecule has 0 radical (unpaired) electrons. The number of carbonyl (C=O) groups is 1. The van der Waals surface area contributed by atoms with E-state index >= 15 is 0 Å². The average Bonchev–Trinajstić information content (AvgIpc) is 2.45. The minimum absolute atomic E-state index is 0.433. The highest BCUT2D eigenvalue weighted by atomic mass is 35.7. The van der Waals surface area contributed by atoms with Crippen LogP contribution in [-0.4, -0.2) is 56.8 Å². The van der Waals surface area contributed by atoms with Crippen LogP contribution in [0.2, 0.25) is 0 Å². The molecule has 0 saturated carbocycles. The maximum absolute atomic E-state index is 13.9. The van der Waals surface area contributed by atoms with Gasteiger partial charge in [0.05, 0.1) is 10.5 Å². The predicted molar refractivity (Wildman–Crippen MR) is 77.5 cm³/mol. The Morgan fingerprint density at radius 1 is 1.29 bits per heavy atom. The molecule has 1 fully saturated rings. The van der Waals surface area contributed by atoms with Crippen LogP contribution in [0.4, 0.5) is 4.39 Å². The summed E-state index contributed by atoms with van der Waals surface area (Å²) in [6, 6.07) is 3.42. The number of benzene rings is 1. The fourth-order valence-electron chi connectivity index (χ4n) is 2.34. The number of rotatable bonds is 3. The van der Waals surface area contributed by atoms with Gasteiger partial charge >= 0.3 is 0 Å². The van der Waals surface area contributed by atoms with Gasteiger partial charge in [-0.3, -0.25) is 4.79 Å². The second-order valence-corrected chi connectivity index (χ2v) is 7.31. The highest BCUT2D eigenvalue weighted by Crippen LogP contribution is 2.24. The Kier molecular flexibility index (Phi) is 4.85. The van der Waals surface area contributed by atoms with Gasteiger partial charge < -0.3 is 9.80 Å². The van der Waals surface area contributed by atoms with E-state index in [0.717, 1.165) is 18.7 Å². The second-order valence-electron chi connectivity index (χ2n) is 4.78. The SMILES string of the molecule is CCN1CCN(C(=O)c2c(F)cccc2S(=O)(=O)Cl)CC1. The minimum atomic E-state index is -4.18. The lowest BCUT2D eigenvalue weighted by Gasteiger charge is -2.34. The molecule has 0 aromatic heterocycles. The largest absolute Gasteiger partial charge is 0.336 e. The molecule has 0 bridgehead atoms. The monoisotopic (exact) mass is 334 g/mol. The fraction of sp³-hybridized carbons (Fsp3) is 0.462. The van der Waals surface area contributed by atoms with Crippen LogP contribution in [0.3, 0.4) is 0 Å². The molecule has 5 nitrogen and oxygen atoms in total. The number of hydrogen-bond acceptors (Lipinski definition) is 4. The normalized spacial score (nSPS) is 17.0. The van der Waals surface area contributed by atoms with Gasteiger partial charge in [0.2, 0.25) is 0 Å². The Morgan fingerprint density at radius 2 is 1.90 bits per heavy atom. The van der Waals surface area contributed by atoms with Crippen molar-refractivity contribution in [2.75, 3.05) is 32.7 Å². The second kappa shape index (κ2) is 6.29. The molecule has 1 saturated heterocycles. The summed E-state index contributed by atoms with van der Waals surface area (Å²) in [6.45, 7) is 5.13. The van der Waals surface area contributed by atoms with Crippen LogP contribution in [0, 0.1) is 5.82 Å². The van der Waals surface area contributed by atoms with Gasteiger partial charge in [0, 0.05) is 36.9 Å². The topological polar surface area (TPSA) is 57.7 Å². The summed E-state index contributed by atoms with van der Waals surface area (Å²) in [7, 11) is 1.11. The van der Waals surface area contributed by atoms with Gasteiger partial charge in [-0.1, -0.05) is 13.0 Å². The lowest BCUT2D eigenvalue weighted by Crippen LogP contribution is -2.48. The standard InChI is InChI=1S/C13H16ClFN2O3S/c1-2-16-6-8-17(9-7-16)13(18)12-10(15)4-3-5-11(12)21(14,19)20/h3-5H,2,6-9H2,1H3. The van der Waals surface area contributed by atoms with Crippen molar-refractivity contribution in [2.45, 2.75) is 11.8 Å². The molecule has 0 spiro atoms. The Hall–Kier alpha value is -1.18. The summed E-state index contributed by atoms with van der Waals surface area (Å²) in [5, 5.41) is 0. The molecule has 2 rings (SSSR count). The maximum Gasteiger partial charge on any atom is 0.262 e. The Bertz CT molecular complexity index is 643. The van der Waals surface area contributed by atoms with E-state index < -0.39 is 31.2 Å². The van der Waals surface area contributed by atoms with Gasteiger partial charge in [-0.25, -0.2) is 12.8 Å². The molecular formula is C13H16ClFN2O3S. The number of piperazine rings is 1. The summed E-state index contributed by atoms with van der Waals surface area (Å²) in [6.07, 6.45) is 0. The van der Waals surface area contributed by atoms with Gasteiger partial charge in [0.1, 0.15) is 5.82 Å². The molecule has 1 amide bonds. The summed E-state index contributed by atoms with van der Waals surface area (Å²) in [4.78, 5) is 15.6. The summed E-state index contributed by atoms with van der Waals surface area (Å²) in [5.74, 6) is -1.51. The van der Waals surface area contributed by atoms with E-state index in [1.807, 2.05) is 6.92 Å². The van der Waals surface area contributed by atoms with Crippen molar-refractivity contribution in [3.63, 3.8) is 0 Å². The van der Waals surface area contributed by atoms with E-state index in [-0.39, 0.29) is 0 Å². The Labute approximate surface area is 127 Å². The van der Waals surface area contributed by atoms with Gasteiger partial charge in [-0.05, 0) is 18.7 Å². The highest BCUT2D eigenvalue weighted by Gasteiger charge is 2.29. The van der Waals surface area contributed by atoms with Crippen molar-refractivity contribution in [2.24, 2.45) is 0 Å². The molecule has 0 N–H and O–H groups in total. The van der Waals surface area contributed by atoms with Crippen LogP contribution in [0.15, 0.2) is 23.1 Å². The van der Waals surface area contributed by atoms with Gasteiger partial charge in [0.25, 0.3) is 15.0 Å². The lowest BCUT2D eigenvalue weighted by molar-refractivity contribution is 0.0634. The molecule has 0 unspecified atom stereocenters. The van der Waals surface area contributed by atoms with Crippen LogP contribution in [-0.2, 0) is 9.05 Å². The first-order valence-electron chi connectivity index (χ1n) is 6.59. The highest BCUT2D eigenvalue weighted by molar-refractivity contribution is 8.13. The fourth-order valence-corrected chi connectivity index (χ4v) is 3.40. The van der Waals surface area contributed by atoms with Gasteiger partial charge in [-0.15, -0.1) is 0 Å². The van der Waals surface area contributed by atoms with Crippen LogP contribution >= 0.6 is 10.7 Å². The molecule has 1 aromatic rings.